The van der Waals surface area contributed by atoms with Crippen LogP contribution >= 0.6 is 0 Å². The van der Waals surface area contributed by atoms with Crippen molar-refractivity contribution in [1.29, 1.82) is 0 Å². The third-order valence-electron chi connectivity index (χ3n) is 3.64. The second-order valence-electron chi connectivity index (χ2n) is 5.69. The van der Waals surface area contributed by atoms with Crippen molar-refractivity contribution in [1.82, 2.24) is 5.32 Å². The number of nitrogens with one attached hydrogen (secondary N) is 1. The summed E-state index contributed by atoms with van der Waals surface area (Å²) in [5.41, 5.74) is 5.27. The Morgan fingerprint density at radius 1 is 1.00 bits per heavy atom. The zero-order valence-electron chi connectivity index (χ0n) is 13.4. The maximum Gasteiger partial charge on any atom is 0.0426 e. The summed E-state index contributed by atoms with van der Waals surface area (Å²) in [6, 6.07) is 17.5. The number of hydrogen-bond donors (Lipinski definition) is 1. The highest BCUT2D eigenvalue weighted by molar-refractivity contribution is 5.48. The van der Waals surface area contributed by atoms with Gasteiger partial charge in [0.15, 0.2) is 0 Å². The standard InChI is InChI=1S/C19H26N2/c1-4-12-20-14-17-8-10-18(11-9-17)15-21(3)19-7-5-6-16(2)13-19/h5-11,13,20H,4,12,14-15H2,1-3H3. The highest BCUT2D eigenvalue weighted by atomic mass is 15.1. The average molecular weight is 282 g/mol. The minimum Gasteiger partial charge on any atom is -0.370 e. The Kier molecular flexibility index (Phi) is 5.82. The maximum atomic E-state index is 3.43. The fraction of sp³-hybridized carbons (Fsp3) is 0.368. The van der Waals surface area contributed by atoms with E-state index in [0.717, 1.165) is 19.6 Å². The van der Waals surface area contributed by atoms with Gasteiger partial charge in [-0.25, -0.2) is 0 Å². The number of nitrogens with zero attached hydrogens (tertiary/aromatic N) is 1. The number of aryl methyl sites for hydroxylation is 1. The first-order valence-electron chi connectivity index (χ1n) is 7.75. The fourth-order valence-electron chi connectivity index (χ4n) is 2.40. The molecule has 2 nitrogen and oxygen atoms in total. The van der Waals surface area contributed by atoms with Crippen LogP contribution in [-0.2, 0) is 13.1 Å². The quantitative estimate of drug-likeness (QED) is 0.768. The first-order chi connectivity index (χ1) is 10.2. The Labute approximate surface area is 128 Å². The summed E-state index contributed by atoms with van der Waals surface area (Å²) < 4.78 is 0. The first kappa shape index (κ1) is 15.6. The molecule has 0 radical (unpaired) electrons. The van der Waals surface area contributed by atoms with Gasteiger partial charge >= 0.3 is 0 Å². The lowest BCUT2D eigenvalue weighted by molar-refractivity contribution is 0.675. The molecule has 2 rings (SSSR count). The third-order valence-corrected chi connectivity index (χ3v) is 3.64. The molecule has 0 amide bonds. The second kappa shape index (κ2) is 7.84. The van der Waals surface area contributed by atoms with E-state index in [2.05, 4.69) is 79.6 Å². The summed E-state index contributed by atoms with van der Waals surface area (Å²) in [7, 11) is 2.14. The van der Waals surface area contributed by atoms with E-state index in [-0.39, 0.29) is 0 Å². The van der Waals surface area contributed by atoms with Gasteiger partial charge in [-0.05, 0) is 48.7 Å². The normalized spacial score (nSPS) is 10.6. The van der Waals surface area contributed by atoms with Crippen molar-refractivity contribution in [3.8, 4) is 0 Å². The van der Waals surface area contributed by atoms with Gasteiger partial charge in [0.1, 0.15) is 0 Å². The number of rotatable bonds is 7. The van der Waals surface area contributed by atoms with Crippen LogP contribution in [0.3, 0.4) is 0 Å². The van der Waals surface area contributed by atoms with E-state index in [9.17, 15) is 0 Å². The van der Waals surface area contributed by atoms with Crippen LogP contribution < -0.4 is 10.2 Å². The van der Waals surface area contributed by atoms with Crippen LogP contribution in [0.1, 0.15) is 30.0 Å². The van der Waals surface area contributed by atoms with E-state index in [1.54, 1.807) is 0 Å². The summed E-state index contributed by atoms with van der Waals surface area (Å²) >= 11 is 0. The molecule has 112 valence electrons. The van der Waals surface area contributed by atoms with Crippen LogP contribution in [0.5, 0.6) is 0 Å². The van der Waals surface area contributed by atoms with Crippen molar-refractivity contribution in [3.63, 3.8) is 0 Å². The molecular formula is C19H26N2. The van der Waals surface area contributed by atoms with Crippen LogP contribution in [0.2, 0.25) is 0 Å². The van der Waals surface area contributed by atoms with Crippen molar-refractivity contribution in [2.24, 2.45) is 0 Å². The van der Waals surface area contributed by atoms with Crippen LogP contribution in [-0.4, -0.2) is 13.6 Å². The molecular weight excluding hydrogens is 256 g/mol. The van der Waals surface area contributed by atoms with Gasteiger partial charge in [-0.15, -0.1) is 0 Å². The molecule has 0 bridgehead atoms. The van der Waals surface area contributed by atoms with Crippen molar-refractivity contribution in [2.75, 3.05) is 18.5 Å². The van der Waals surface area contributed by atoms with E-state index in [0.29, 0.717) is 0 Å². The molecule has 0 unspecified atom stereocenters. The molecule has 0 spiro atoms. The highest BCUT2D eigenvalue weighted by Gasteiger charge is 2.02. The summed E-state index contributed by atoms with van der Waals surface area (Å²) in [5.74, 6) is 0. The van der Waals surface area contributed by atoms with E-state index in [4.69, 9.17) is 0 Å². The van der Waals surface area contributed by atoms with Gasteiger partial charge in [0.2, 0.25) is 0 Å². The van der Waals surface area contributed by atoms with Crippen molar-refractivity contribution < 1.29 is 0 Å². The lowest BCUT2D eigenvalue weighted by Gasteiger charge is -2.20. The van der Waals surface area contributed by atoms with E-state index in [1.807, 2.05) is 0 Å². The smallest absolute Gasteiger partial charge is 0.0426 e. The second-order valence-corrected chi connectivity index (χ2v) is 5.69. The number of anilines is 1. The molecule has 21 heavy (non-hydrogen) atoms. The Balaban J connectivity index is 1.93. The summed E-state index contributed by atoms with van der Waals surface area (Å²) in [6.45, 7) is 7.30. The summed E-state index contributed by atoms with van der Waals surface area (Å²) in [4.78, 5) is 2.29. The molecule has 0 heterocycles. The molecule has 0 atom stereocenters. The van der Waals surface area contributed by atoms with Gasteiger partial charge in [0.05, 0.1) is 0 Å². The van der Waals surface area contributed by atoms with Crippen LogP contribution in [0.4, 0.5) is 5.69 Å². The molecule has 2 aromatic rings. The van der Waals surface area contributed by atoms with Gasteiger partial charge in [-0.1, -0.05) is 43.3 Å². The van der Waals surface area contributed by atoms with Crippen LogP contribution in [0, 0.1) is 6.92 Å². The van der Waals surface area contributed by atoms with Crippen LogP contribution in [0.15, 0.2) is 48.5 Å². The van der Waals surface area contributed by atoms with Crippen LogP contribution in [0.25, 0.3) is 0 Å². The predicted octanol–water partition coefficient (Wildman–Crippen LogP) is 4.13. The van der Waals surface area contributed by atoms with Gasteiger partial charge in [0.25, 0.3) is 0 Å². The average Bonchev–Trinajstić information content (AvgIpc) is 2.49. The maximum absolute atomic E-state index is 3.43. The molecule has 0 aromatic heterocycles. The summed E-state index contributed by atoms with van der Waals surface area (Å²) in [6.07, 6.45) is 1.18. The predicted molar refractivity (Wildman–Crippen MR) is 91.7 cm³/mol. The van der Waals surface area contributed by atoms with Gasteiger partial charge < -0.3 is 10.2 Å². The van der Waals surface area contributed by atoms with E-state index in [1.165, 1.54) is 28.8 Å². The molecule has 2 aromatic carbocycles. The van der Waals surface area contributed by atoms with E-state index >= 15 is 0 Å². The first-order valence-corrected chi connectivity index (χ1v) is 7.75. The van der Waals surface area contributed by atoms with Crippen molar-refractivity contribution in [3.05, 3.63) is 65.2 Å². The molecule has 1 N–H and O–H groups in total. The van der Waals surface area contributed by atoms with E-state index < -0.39 is 0 Å². The molecule has 0 saturated heterocycles. The lowest BCUT2D eigenvalue weighted by Crippen LogP contribution is -2.16. The largest absolute Gasteiger partial charge is 0.370 e. The molecule has 0 aliphatic heterocycles. The zero-order chi connectivity index (χ0) is 15.1. The molecule has 0 aliphatic carbocycles. The lowest BCUT2D eigenvalue weighted by atomic mass is 10.1. The van der Waals surface area contributed by atoms with Gasteiger partial charge in [0, 0.05) is 25.8 Å². The Bertz CT molecular complexity index is 546. The fourth-order valence-corrected chi connectivity index (χ4v) is 2.40. The Hall–Kier alpha value is -1.80. The molecule has 0 aliphatic rings. The zero-order valence-corrected chi connectivity index (χ0v) is 13.4. The van der Waals surface area contributed by atoms with Gasteiger partial charge in [-0.3, -0.25) is 0 Å². The van der Waals surface area contributed by atoms with Crippen molar-refractivity contribution in [2.45, 2.75) is 33.4 Å². The minimum absolute atomic E-state index is 0.937. The van der Waals surface area contributed by atoms with Crippen molar-refractivity contribution >= 4 is 5.69 Å². The molecule has 0 fully saturated rings. The Morgan fingerprint density at radius 2 is 1.71 bits per heavy atom. The molecule has 2 heteroatoms. The topological polar surface area (TPSA) is 15.3 Å². The molecule has 0 saturated carbocycles. The number of hydrogen-bond acceptors (Lipinski definition) is 2. The highest BCUT2D eigenvalue weighted by Crippen LogP contribution is 2.17. The van der Waals surface area contributed by atoms with Gasteiger partial charge in [-0.2, -0.15) is 0 Å². The monoisotopic (exact) mass is 282 g/mol. The summed E-state index contributed by atoms with van der Waals surface area (Å²) in [5, 5.41) is 3.43. The Morgan fingerprint density at radius 3 is 2.38 bits per heavy atom. The number of benzene rings is 2. The third kappa shape index (κ3) is 4.91. The minimum atomic E-state index is 0.937. The SMILES string of the molecule is CCCNCc1ccc(CN(C)c2cccc(C)c2)cc1.